The molecule has 0 radical (unpaired) electrons. The SMILES string of the molecule is Cc1ccc(S(=O)(=O)C2(C(=O)Nc3ccc(NC(=O)CC(C)C)cc3)CCCC2)cc1C. The quantitative estimate of drug-likeness (QED) is 0.612. The van der Waals surface area contributed by atoms with E-state index in [1.165, 1.54) is 0 Å². The van der Waals surface area contributed by atoms with E-state index in [4.69, 9.17) is 0 Å². The van der Waals surface area contributed by atoms with Crippen LogP contribution in [0.3, 0.4) is 0 Å². The number of anilines is 2. The average Bonchev–Trinajstić information content (AvgIpc) is 3.23. The van der Waals surface area contributed by atoms with E-state index in [1.807, 2.05) is 27.7 Å². The molecule has 1 aliphatic rings. The highest BCUT2D eigenvalue weighted by Crippen LogP contribution is 2.41. The van der Waals surface area contributed by atoms with Crippen LogP contribution in [0, 0.1) is 19.8 Å². The number of benzene rings is 2. The molecule has 0 atom stereocenters. The summed E-state index contributed by atoms with van der Waals surface area (Å²) in [7, 11) is -3.86. The monoisotopic (exact) mass is 456 g/mol. The van der Waals surface area contributed by atoms with Gasteiger partial charge in [0.25, 0.3) is 0 Å². The smallest absolute Gasteiger partial charge is 0.246 e. The zero-order chi connectivity index (χ0) is 23.5. The van der Waals surface area contributed by atoms with E-state index in [2.05, 4.69) is 10.6 Å². The molecule has 0 bridgehead atoms. The van der Waals surface area contributed by atoms with Crippen molar-refractivity contribution in [3.63, 3.8) is 0 Å². The number of sulfone groups is 1. The van der Waals surface area contributed by atoms with Crippen molar-refractivity contribution in [2.75, 3.05) is 10.6 Å². The van der Waals surface area contributed by atoms with E-state index >= 15 is 0 Å². The van der Waals surface area contributed by atoms with Crippen LogP contribution in [0.15, 0.2) is 47.4 Å². The minimum atomic E-state index is -3.86. The van der Waals surface area contributed by atoms with Gasteiger partial charge in [0.05, 0.1) is 4.90 Å². The Morgan fingerprint density at radius 1 is 0.906 bits per heavy atom. The maximum absolute atomic E-state index is 13.6. The van der Waals surface area contributed by atoms with Crippen LogP contribution in [0.5, 0.6) is 0 Å². The summed E-state index contributed by atoms with van der Waals surface area (Å²) in [6.07, 6.45) is 2.42. The maximum Gasteiger partial charge on any atom is 0.246 e. The second-order valence-electron chi connectivity index (χ2n) is 9.13. The number of carbonyl (C=O) groups excluding carboxylic acids is 2. The second kappa shape index (κ2) is 9.45. The van der Waals surface area contributed by atoms with E-state index in [9.17, 15) is 18.0 Å². The first-order valence-electron chi connectivity index (χ1n) is 11.1. The molecule has 1 fully saturated rings. The summed E-state index contributed by atoms with van der Waals surface area (Å²) in [4.78, 5) is 25.5. The molecule has 0 heterocycles. The Hall–Kier alpha value is -2.67. The van der Waals surface area contributed by atoms with Crippen LogP contribution in [0.1, 0.15) is 57.1 Å². The van der Waals surface area contributed by atoms with Gasteiger partial charge >= 0.3 is 0 Å². The molecule has 0 spiro atoms. The summed E-state index contributed by atoms with van der Waals surface area (Å²) in [5.41, 5.74) is 3.02. The Balaban J connectivity index is 1.81. The van der Waals surface area contributed by atoms with E-state index < -0.39 is 20.5 Å². The van der Waals surface area contributed by atoms with Crippen molar-refractivity contribution >= 4 is 33.0 Å². The number of nitrogens with one attached hydrogen (secondary N) is 2. The van der Waals surface area contributed by atoms with Crippen molar-refractivity contribution in [1.29, 1.82) is 0 Å². The van der Waals surface area contributed by atoms with E-state index in [1.54, 1.807) is 42.5 Å². The van der Waals surface area contributed by atoms with Crippen LogP contribution in [-0.4, -0.2) is 25.0 Å². The summed E-state index contributed by atoms with van der Waals surface area (Å²) in [6.45, 7) is 7.75. The number of carbonyl (C=O) groups is 2. The fourth-order valence-corrected chi connectivity index (χ4v) is 6.29. The van der Waals surface area contributed by atoms with Crippen molar-refractivity contribution in [1.82, 2.24) is 0 Å². The Labute approximate surface area is 190 Å². The molecule has 1 saturated carbocycles. The molecule has 0 unspecified atom stereocenters. The zero-order valence-corrected chi connectivity index (χ0v) is 20.0. The van der Waals surface area contributed by atoms with E-state index in [0.29, 0.717) is 43.5 Å². The first kappa shape index (κ1) is 24.0. The predicted molar refractivity (Wildman–Crippen MR) is 127 cm³/mol. The first-order valence-corrected chi connectivity index (χ1v) is 12.6. The van der Waals surface area contributed by atoms with Gasteiger partial charge in [-0.1, -0.05) is 32.8 Å². The van der Waals surface area contributed by atoms with Crippen LogP contribution in [0.2, 0.25) is 0 Å². The minimum absolute atomic E-state index is 0.0684. The van der Waals surface area contributed by atoms with Gasteiger partial charge in [-0.15, -0.1) is 0 Å². The third-order valence-corrected chi connectivity index (χ3v) is 8.65. The molecular weight excluding hydrogens is 424 g/mol. The van der Waals surface area contributed by atoms with Crippen molar-refractivity contribution in [2.45, 2.75) is 69.4 Å². The van der Waals surface area contributed by atoms with Crippen LogP contribution in [0.25, 0.3) is 0 Å². The molecule has 172 valence electrons. The van der Waals surface area contributed by atoms with Crippen molar-refractivity contribution in [3.05, 3.63) is 53.6 Å². The lowest BCUT2D eigenvalue weighted by Crippen LogP contribution is -2.47. The third kappa shape index (κ3) is 4.88. The van der Waals surface area contributed by atoms with Gasteiger partial charge in [0.2, 0.25) is 11.8 Å². The number of amides is 2. The molecule has 32 heavy (non-hydrogen) atoms. The van der Waals surface area contributed by atoms with Gasteiger partial charge < -0.3 is 10.6 Å². The van der Waals surface area contributed by atoms with Crippen molar-refractivity contribution < 1.29 is 18.0 Å². The number of hydrogen-bond acceptors (Lipinski definition) is 4. The molecule has 2 amide bonds. The Kier molecular flexibility index (Phi) is 7.08. The summed E-state index contributed by atoms with van der Waals surface area (Å²) in [6, 6.07) is 11.8. The first-order chi connectivity index (χ1) is 15.0. The van der Waals surface area contributed by atoms with Gasteiger partial charge in [-0.25, -0.2) is 8.42 Å². The summed E-state index contributed by atoms with van der Waals surface area (Å²) in [5.74, 6) is -0.304. The molecule has 6 nitrogen and oxygen atoms in total. The highest BCUT2D eigenvalue weighted by Gasteiger charge is 2.53. The van der Waals surface area contributed by atoms with Crippen molar-refractivity contribution in [3.8, 4) is 0 Å². The van der Waals surface area contributed by atoms with Gasteiger partial charge in [0, 0.05) is 17.8 Å². The molecule has 2 aromatic carbocycles. The Bertz CT molecular complexity index is 1100. The maximum atomic E-state index is 13.6. The lowest BCUT2D eigenvalue weighted by molar-refractivity contribution is -0.118. The van der Waals surface area contributed by atoms with Crippen LogP contribution in [-0.2, 0) is 19.4 Å². The molecule has 2 N–H and O–H groups in total. The number of rotatable bonds is 7. The molecule has 0 aliphatic heterocycles. The van der Waals surface area contributed by atoms with Gasteiger partial charge in [-0.05, 0) is 80.1 Å². The van der Waals surface area contributed by atoms with Gasteiger partial charge in [0.1, 0.15) is 0 Å². The predicted octanol–water partition coefficient (Wildman–Crippen LogP) is 5.01. The Morgan fingerprint density at radius 2 is 1.47 bits per heavy atom. The van der Waals surface area contributed by atoms with E-state index in [-0.39, 0.29) is 16.7 Å². The molecule has 7 heteroatoms. The van der Waals surface area contributed by atoms with Gasteiger partial charge in [-0.3, -0.25) is 9.59 Å². The topological polar surface area (TPSA) is 92.3 Å². The van der Waals surface area contributed by atoms with Crippen LogP contribution < -0.4 is 10.6 Å². The second-order valence-corrected chi connectivity index (χ2v) is 11.4. The largest absolute Gasteiger partial charge is 0.326 e. The fourth-order valence-electron chi connectivity index (χ4n) is 4.14. The average molecular weight is 457 g/mol. The van der Waals surface area contributed by atoms with E-state index in [0.717, 1.165) is 11.1 Å². The minimum Gasteiger partial charge on any atom is -0.326 e. The zero-order valence-electron chi connectivity index (χ0n) is 19.2. The van der Waals surface area contributed by atoms with Crippen LogP contribution >= 0.6 is 0 Å². The molecule has 2 aromatic rings. The fraction of sp³-hybridized carbons (Fsp3) is 0.440. The number of hydrogen-bond donors (Lipinski definition) is 2. The highest BCUT2D eigenvalue weighted by molar-refractivity contribution is 7.93. The van der Waals surface area contributed by atoms with Gasteiger partial charge in [-0.2, -0.15) is 0 Å². The van der Waals surface area contributed by atoms with Gasteiger partial charge in [0.15, 0.2) is 14.6 Å². The molecule has 3 rings (SSSR count). The lowest BCUT2D eigenvalue weighted by atomic mass is 10.1. The summed E-state index contributed by atoms with van der Waals surface area (Å²) < 4.78 is 25.7. The highest BCUT2D eigenvalue weighted by atomic mass is 32.2. The lowest BCUT2D eigenvalue weighted by Gasteiger charge is -2.28. The summed E-state index contributed by atoms with van der Waals surface area (Å²) in [5, 5.41) is 5.63. The summed E-state index contributed by atoms with van der Waals surface area (Å²) >= 11 is 0. The third-order valence-electron chi connectivity index (χ3n) is 6.15. The van der Waals surface area contributed by atoms with Crippen LogP contribution in [0.4, 0.5) is 11.4 Å². The Morgan fingerprint density at radius 3 is 2.00 bits per heavy atom. The standard InChI is InChI=1S/C25H32N2O4S/c1-17(2)15-23(28)26-20-8-10-21(11-9-20)27-24(29)25(13-5-6-14-25)32(30,31)22-12-7-18(3)19(4)16-22/h7-12,16-17H,5-6,13-15H2,1-4H3,(H,26,28)(H,27,29). The number of aryl methyl sites for hydroxylation is 2. The molecule has 0 aromatic heterocycles. The normalized spacial score (nSPS) is 15.5. The van der Waals surface area contributed by atoms with Crippen molar-refractivity contribution in [2.24, 2.45) is 5.92 Å². The molecule has 1 aliphatic carbocycles. The molecular formula is C25H32N2O4S. The molecule has 0 saturated heterocycles.